The minimum Gasteiger partial charge on any atom is -0.480 e. The van der Waals surface area contributed by atoms with Crippen molar-refractivity contribution in [3.05, 3.63) is 0 Å². The average Bonchev–Trinajstić information content (AvgIpc) is 1.98. The summed E-state index contributed by atoms with van der Waals surface area (Å²) < 4.78 is 0. The molecule has 0 unspecified atom stereocenters. The smallest absolute Gasteiger partial charge is 0.326 e. The zero-order chi connectivity index (χ0) is 9.72. The number of carbonyl (C=O) groups excluding carboxylic acids is 1. The molecular weight excluding hydrogens is 162 g/mol. The van der Waals surface area contributed by atoms with Gasteiger partial charge in [0.05, 0.1) is 0 Å². The predicted molar refractivity (Wildman–Crippen MR) is 41.6 cm³/mol. The van der Waals surface area contributed by atoms with Gasteiger partial charge >= 0.3 is 5.97 Å². The van der Waals surface area contributed by atoms with Crippen molar-refractivity contribution in [3.63, 3.8) is 0 Å². The van der Waals surface area contributed by atoms with Crippen LogP contribution in [-0.4, -0.2) is 46.7 Å². The summed E-state index contributed by atoms with van der Waals surface area (Å²) in [4.78, 5) is 22.4. The maximum Gasteiger partial charge on any atom is 0.326 e. The predicted octanol–water partition coefficient (Wildman–Crippen LogP) is -0.700. The van der Waals surface area contributed by atoms with Crippen molar-refractivity contribution in [3.8, 4) is 0 Å². The van der Waals surface area contributed by atoms with Crippen molar-refractivity contribution < 1.29 is 19.8 Å². The van der Waals surface area contributed by atoms with Crippen LogP contribution in [0, 0.1) is 0 Å². The zero-order valence-corrected chi connectivity index (χ0v) is 7.15. The first-order valence-electron chi connectivity index (χ1n) is 3.57. The van der Waals surface area contributed by atoms with Crippen LogP contribution in [-0.2, 0) is 9.59 Å². The van der Waals surface area contributed by atoms with Gasteiger partial charge in [0.1, 0.15) is 6.04 Å². The van der Waals surface area contributed by atoms with E-state index in [-0.39, 0.29) is 18.9 Å². The Labute approximate surface area is 70.6 Å². The van der Waals surface area contributed by atoms with Gasteiger partial charge in [0.2, 0.25) is 5.91 Å². The Morgan fingerprint density at radius 1 is 1.50 bits per heavy atom. The van der Waals surface area contributed by atoms with E-state index in [2.05, 4.69) is 0 Å². The average molecular weight is 175 g/mol. The van der Waals surface area contributed by atoms with E-state index in [1.165, 1.54) is 14.0 Å². The highest BCUT2D eigenvalue weighted by Crippen LogP contribution is 2.01. The number of aliphatic carboxylic acids is 1. The van der Waals surface area contributed by atoms with Gasteiger partial charge in [-0.25, -0.2) is 4.79 Å². The van der Waals surface area contributed by atoms with Crippen LogP contribution in [0.5, 0.6) is 0 Å². The van der Waals surface area contributed by atoms with Crippen molar-refractivity contribution >= 4 is 11.9 Å². The Hall–Kier alpha value is -1.10. The number of aliphatic hydroxyl groups excluding tert-OH is 1. The molecule has 0 saturated heterocycles. The molecule has 0 aliphatic heterocycles. The molecule has 0 aromatic carbocycles. The molecule has 0 aromatic rings. The maximum atomic E-state index is 10.7. The molecule has 0 aliphatic carbocycles. The zero-order valence-electron chi connectivity index (χ0n) is 7.15. The molecule has 12 heavy (non-hydrogen) atoms. The third-order valence-electron chi connectivity index (χ3n) is 1.65. The van der Waals surface area contributed by atoms with Crippen LogP contribution >= 0.6 is 0 Å². The lowest BCUT2D eigenvalue weighted by molar-refractivity contribution is -0.148. The molecule has 1 atom stereocenters. The summed E-state index contributed by atoms with van der Waals surface area (Å²) in [5, 5.41) is 17.1. The van der Waals surface area contributed by atoms with Gasteiger partial charge in [0.15, 0.2) is 0 Å². The summed E-state index contributed by atoms with van der Waals surface area (Å²) in [7, 11) is 1.40. The van der Waals surface area contributed by atoms with E-state index in [0.29, 0.717) is 0 Å². The number of carboxylic acid groups (broad SMARTS) is 1. The molecule has 0 aromatic heterocycles. The first-order chi connectivity index (χ1) is 5.50. The van der Waals surface area contributed by atoms with Gasteiger partial charge in [-0.05, 0) is 0 Å². The standard InChI is InChI=1S/C7H13NO4/c1-5(10)8(2)6(3-4-9)7(11)12/h6,9H,3-4H2,1-2H3,(H,11,12)/t6-/m1/s1. The Balaban J connectivity index is 4.28. The minimum absolute atomic E-state index is 0.0609. The van der Waals surface area contributed by atoms with Crippen molar-refractivity contribution in [2.24, 2.45) is 0 Å². The Morgan fingerprint density at radius 2 is 2.00 bits per heavy atom. The van der Waals surface area contributed by atoms with E-state index in [4.69, 9.17) is 10.2 Å². The molecular formula is C7H13NO4. The Morgan fingerprint density at radius 3 is 2.25 bits per heavy atom. The first kappa shape index (κ1) is 10.9. The molecule has 0 saturated carbocycles. The number of hydrogen-bond donors (Lipinski definition) is 2. The number of carboxylic acids is 1. The minimum atomic E-state index is -1.10. The third kappa shape index (κ3) is 2.87. The molecule has 0 aliphatic rings. The van der Waals surface area contributed by atoms with Crippen LogP contribution < -0.4 is 0 Å². The lowest BCUT2D eigenvalue weighted by Crippen LogP contribution is -2.41. The summed E-state index contributed by atoms with van der Waals surface area (Å²) in [6.45, 7) is 1.04. The number of hydrogen-bond acceptors (Lipinski definition) is 3. The summed E-state index contributed by atoms with van der Waals surface area (Å²) >= 11 is 0. The molecule has 0 heterocycles. The second kappa shape index (κ2) is 4.71. The van der Waals surface area contributed by atoms with Crippen molar-refractivity contribution in [1.29, 1.82) is 0 Å². The second-order valence-corrected chi connectivity index (χ2v) is 2.50. The van der Waals surface area contributed by atoms with Crippen molar-refractivity contribution in [2.75, 3.05) is 13.7 Å². The van der Waals surface area contributed by atoms with Crippen molar-refractivity contribution in [1.82, 2.24) is 4.90 Å². The molecule has 5 nitrogen and oxygen atoms in total. The molecule has 70 valence electrons. The van der Waals surface area contributed by atoms with Crippen LogP contribution in [0.3, 0.4) is 0 Å². The third-order valence-corrected chi connectivity index (χ3v) is 1.65. The molecule has 5 heteroatoms. The maximum absolute atomic E-state index is 10.7. The highest BCUT2D eigenvalue weighted by molar-refractivity contribution is 5.81. The lowest BCUT2D eigenvalue weighted by atomic mass is 10.2. The molecule has 2 N–H and O–H groups in total. The summed E-state index contributed by atoms with van der Waals surface area (Å²) in [6, 6.07) is -0.924. The van der Waals surface area contributed by atoms with Gasteiger partial charge in [-0.3, -0.25) is 4.79 Å². The van der Waals surface area contributed by atoms with Crippen LogP contribution in [0.25, 0.3) is 0 Å². The van der Waals surface area contributed by atoms with Gasteiger partial charge in [0, 0.05) is 27.0 Å². The first-order valence-corrected chi connectivity index (χ1v) is 3.57. The second-order valence-electron chi connectivity index (χ2n) is 2.50. The largest absolute Gasteiger partial charge is 0.480 e. The van der Waals surface area contributed by atoms with Gasteiger partial charge in [-0.2, -0.15) is 0 Å². The lowest BCUT2D eigenvalue weighted by Gasteiger charge is -2.22. The number of nitrogens with zero attached hydrogens (tertiary/aromatic N) is 1. The van der Waals surface area contributed by atoms with Crippen LogP contribution in [0.1, 0.15) is 13.3 Å². The molecule has 0 radical (unpaired) electrons. The van der Waals surface area contributed by atoms with Gasteiger partial charge < -0.3 is 15.1 Å². The van der Waals surface area contributed by atoms with E-state index in [1.54, 1.807) is 0 Å². The topological polar surface area (TPSA) is 77.8 Å². The molecule has 1 amide bonds. The van der Waals surface area contributed by atoms with Crippen molar-refractivity contribution in [2.45, 2.75) is 19.4 Å². The fourth-order valence-electron chi connectivity index (χ4n) is 0.825. The van der Waals surface area contributed by atoms with Crippen LogP contribution in [0.15, 0.2) is 0 Å². The summed E-state index contributed by atoms with van der Waals surface area (Å²) in [5.74, 6) is -1.42. The highest BCUT2D eigenvalue weighted by Gasteiger charge is 2.23. The number of aliphatic hydroxyl groups is 1. The molecule has 0 spiro atoms. The summed E-state index contributed by atoms with van der Waals surface area (Å²) in [6.07, 6.45) is 0.0609. The Kier molecular flexibility index (Phi) is 4.28. The monoisotopic (exact) mass is 175 g/mol. The molecule has 0 rings (SSSR count). The number of rotatable bonds is 4. The van der Waals surface area contributed by atoms with E-state index in [0.717, 1.165) is 4.90 Å². The van der Waals surface area contributed by atoms with Gasteiger partial charge in [-0.1, -0.05) is 0 Å². The Bertz CT molecular complexity index is 180. The highest BCUT2D eigenvalue weighted by atomic mass is 16.4. The number of likely N-dealkylation sites (N-methyl/N-ethyl adjacent to an activating group) is 1. The molecule has 0 fully saturated rings. The van der Waals surface area contributed by atoms with E-state index >= 15 is 0 Å². The number of amides is 1. The van der Waals surface area contributed by atoms with Gasteiger partial charge in [0.25, 0.3) is 0 Å². The fraction of sp³-hybridized carbons (Fsp3) is 0.714. The summed E-state index contributed by atoms with van der Waals surface area (Å²) in [5.41, 5.74) is 0. The SMILES string of the molecule is CC(=O)N(C)[C@H](CCO)C(=O)O. The van der Waals surface area contributed by atoms with Crippen LogP contribution in [0.2, 0.25) is 0 Å². The number of carbonyl (C=O) groups is 2. The van der Waals surface area contributed by atoms with E-state index < -0.39 is 12.0 Å². The molecule has 0 bridgehead atoms. The van der Waals surface area contributed by atoms with E-state index in [9.17, 15) is 9.59 Å². The van der Waals surface area contributed by atoms with E-state index in [1.807, 2.05) is 0 Å². The fourth-order valence-corrected chi connectivity index (χ4v) is 0.825. The normalized spacial score (nSPS) is 12.2. The van der Waals surface area contributed by atoms with Gasteiger partial charge in [-0.15, -0.1) is 0 Å². The van der Waals surface area contributed by atoms with Crippen LogP contribution in [0.4, 0.5) is 0 Å². The quantitative estimate of drug-likeness (QED) is 0.592.